The number of aromatic nitrogens is 3. The van der Waals surface area contributed by atoms with E-state index in [9.17, 15) is 4.79 Å². The van der Waals surface area contributed by atoms with Crippen LogP contribution in [-0.2, 0) is 19.5 Å². The van der Waals surface area contributed by atoms with Crippen LogP contribution in [0.4, 0.5) is 4.79 Å². The number of nitrogens with zero attached hydrogens (tertiary/aromatic N) is 4. The Morgan fingerprint density at radius 3 is 2.96 bits per heavy atom. The summed E-state index contributed by atoms with van der Waals surface area (Å²) in [7, 11) is 0. The van der Waals surface area contributed by atoms with Crippen LogP contribution in [-0.4, -0.2) is 38.8 Å². The summed E-state index contributed by atoms with van der Waals surface area (Å²) in [6.45, 7) is 5.15. The van der Waals surface area contributed by atoms with Crippen LogP contribution in [0, 0.1) is 5.92 Å². The molecule has 1 saturated heterocycles. The lowest BCUT2D eigenvalue weighted by molar-refractivity contribution is 0.206. The lowest BCUT2D eigenvalue weighted by Crippen LogP contribution is -2.38. The van der Waals surface area contributed by atoms with E-state index < -0.39 is 0 Å². The fraction of sp³-hybridized carbons (Fsp3) is 0.471. The van der Waals surface area contributed by atoms with Gasteiger partial charge >= 0.3 is 6.03 Å². The maximum Gasteiger partial charge on any atom is 0.317 e. The Labute approximate surface area is 136 Å². The number of amides is 2. The standard InChI is InChI=1S/C17H23N5O/c1-2-21-13-19-20-16(21)10-15-8-9-22(12-15)17(23)18-11-14-6-4-3-5-7-14/h3-7,13,15H,2,8-12H2,1H3,(H,18,23). The number of nitrogens with one attached hydrogen (secondary N) is 1. The lowest BCUT2D eigenvalue weighted by atomic mass is 10.0. The van der Waals surface area contributed by atoms with Crippen LogP contribution >= 0.6 is 0 Å². The Morgan fingerprint density at radius 1 is 1.35 bits per heavy atom. The molecule has 1 aliphatic heterocycles. The second-order valence-corrected chi connectivity index (χ2v) is 5.98. The monoisotopic (exact) mass is 313 g/mol. The number of carbonyl (C=O) groups excluding carboxylic acids is 1. The van der Waals surface area contributed by atoms with E-state index in [-0.39, 0.29) is 6.03 Å². The van der Waals surface area contributed by atoms with Gasteiger partial charge in [-0.05, 0) is 24.8 Å². The van der Waals surface area contributed by atoms with E-state index in [2.05, 4.69) is 27.0 Å². The molecule has 2 aromatic rings. The Kier molecular flexibility index (Phi) is 4.90. The van der Waals surface area contributed by atoms with E-state index in [0.717, 1.165) is 43.9 Å². The average Bonchev–Trinajstić information content (AvgIpc) is 3.23. The van der Waals surface area contributed by atoms with Crippen LogP contribution in [0.3, 0.4) is 0 Å². The number of hydrogen-bond acceptors (Lipinski definition) is 3. The molecule has 1 aromatic heterocycles. The number of aryl methyl sites for hydroxylation is 1. The number of urea groups is 1. The number of rotatable bonds is 5. The van der Waals surface area contributed by atoms with Gasteiger partial charge in [-0.3, -0.25) is 0 Å². The third-order valence-electron chi connectivity index (χ3n) is 4.37. The van der Waals surface area contributed by atoms with Crippen LogP contribution in [0.2, 0.25) is 0 Å². The molecule has 122 valence electrons. The second-order valence-electron chi connectivity index (χ2n) is 5.98. The normalized spacial score (nSPS) is 17.4. The van der Waals surface area contributed by atoms with Gasteiger partial charge in [-0.15, -0.1) is 10.2 Å². The molecule has 6 nitrogen and oxygen atoms in total. The molecule has 1 aliphatic rings. The fourth-order valence-corrected chi connectivity index (χ4v) is 3.03. The van der Waals surface area contributed by atoms with Crippen molar-refractivity contribution < 1.29 is 4.79 Å². The van der Waals surface area contributed by atoms with Gasteiger partial charge in [0.2, 0.25) is 0 Å². The molecule has 2 heterocycles. The summed E-state index contributed by atoms with van der Waals surface area (Å²) < 4.78 is 2.07. The van der Waals surface area contributed by atoms with Crippen LogP contribution in [0.5, 0.6) is 0 Å². The van der Waals surface area contributed by atoms with Gasteiger partial charge in [0, 0.05) is 32.6 Å². The van der Waals surface area contributed by atoms with Gasteiger partial charge in [0.25, 0.3) is 0 Å². The number of hydrogen-bond donors (Lipinski definition) is 1. The largest absolute Gasteiger partial charge is 0.334 e. The van der Waals surface area contributed by atoms with Gasteiger partial charge < -0.3 is 14.8 Å². The van der Waals surface area contributed by atoms with Gasteiger partial charge in [-0.25, -0.2) is 4.79 Å². The molecule has 1 atom stereocenters. The molecule has 1 N–H and O–H groups in total. The quantitative estimate of drug-likeness (QED) is 0.919. The lowest BCUT2D eigenvalue weighted by Gasteiger charge is -2.17. The third kappa shape index (κ3) is 3.88. The molecule has 3 rings (SSSR count). The van der Waals surface area contributed by atoms with E-state index in [1.807, 2.05) is 35.2 Å². The van der Waals surface area contributed by atoms with Crippen LogP contribution < -0.4 is 5.32 Å². The highest BCUT2D eigenvalue weighted by Crippen LogP contribution is 2.20. The molecule has 23 heavy (non-hydrogen) atoms. The predicted molar refractivity (Wildman–Crippen MR) is 87.8 cm³/mol. The van der Waals surface area contributed by atoms with E-state index in [1.54, 1.807) is 6.33 Å². The summed E-state index contributed by atoms with van der Waals surface area (Å²) in [5.74, 6) is 1.48. The maximum atomic E-state index is 12.3. The van der Waals surface area contributed by atoms with Crippen molar-refractivity contribution in [3.63, 3.8) is 0 Å². The van der Waals surface area contributed by atoms with Crippen molar-refractivity contribution in [3.05, 3.63) is 48.0 Å². The van der Waals surface area contributed by atoms with E-state index in [0.29, 0.717) is 12.5 Å². The minimum absolute atomic E-state index is 0.0216. The maximum absolute atomic E-state index is 12.3. The van der Waals surface area contributed by atoms with Crippen molar-refractivity contribution in [1.29, 1.82) is 0 Å². The number of benzene rings is 1. The Balaban J connectivity index is 1.48. The zero-order valence-corrected chi connectivity index (χ0v) is 13.5. The molecule has 0 spiro atoms. The van der Waals surface area contributed by atoms with Crippen molar-refractivity contribution in [3.8, 4) is 0 Å². The molecule has 2 amide bonds. The zero-order chi connectivity index (χ0) is 16.1. The smallest absolute Gasteiger partial charge is 0.317 e. The minimum Gasteiger partial charge on any atom is -0.334 e. The van der Waals surface area contributed by atoms with E-state index in [4.69, 9.17) is 0 Å². The Bertz CT molecular complexity index is 639. The van der Waals surface area contributed by atoms with Crippen molar-refractivity contribution in [2.24, 2.45) is 5.92 Å². The van der Waals surface area contributed by atoms with Crippen molar-refractivity contribution >= 4 is 6.03 Å². The highest BCUT2D eigenvalue weighted by atomic mass is 16.2. The van der Waals surface area contributed by atoms with Crippen molar-refractivity contribution in [2.45, 2.75) is 32.9 Å². The second kappa shape index (κ2) is 7.26. The summed E-state index contributed by atoms with van der Waals surface area (Å²) in [6, 6.07) is 10.0. The first-order valence-electron chi connectivity index (χ1n) is 8.19. The van der Waals surface area contributed by atoms with Crippen LogP contribution in [0.15, 0.2) is 36.7 Å². The average molecular weight is 313 g/mol. The molecule has 0 saturated carbocycles. The summed E-state index contributed by atoms with van der Waals surface area (Å²) >= 11 is 0. The number of carbonyl (C=O) groups is 1. The molecule has 1 aromatic carbocycles. The summed E-state index contributed by atoms with van der Waals surface area (Å²) in [4.78, 5) is 14.2. The predicted octanol–water partition coefficient (Wildman–Crippen LogP) is 2.07. The minimum atomic E-state index is 0.0216. The fourth-order valence-electron chi connectivity index (χ4n) is 3.03. The molecule has 0 bridgehead atoms. The van der Waals surface area contributed by atoms with E-state index in [1.165, 1.54) is 0 Å². The summed E-state index contributed by atoms with van der Waals surface area (Å²) in [5, 5.41) is 11.2. The van der Waals surface area contributed by atoms with E-state index >= 15 is 0 Å². The molecule has 0 aliphatic carbocycles. The first kappa shape index (κ1) is 15.5. The molecular weight excluding hydrogens is 290 g/mol. The molecule has 1 fully saturated rings. The van der Waals surface area contributed by atoms with Gasteiger partial charge in [0.15, 0.2) is 0 Å². The molecule has 6 heteroatoms. The number of likely N-dealkylation sites (tertiary alicyclic amines) is 1. The highest BCUT2D eigenvalue weighted by molar-refractivity contribution is 5.74. The topological polar surface area (TPSA) is 63.1 Å². The van der Waals surface area contributed by atoms with Gasteiger partial charge in [-0.1, -0.05) is 30.3 Å². The van der Waals surface area contributed by atoms with Crippen molar-refractivity contribution in [1.82, 2.24) is 25.0 Å². The van der Waals surface area contributed by atoms with Gasteiger partial charge in [0.1, 0.15) is 12.2 Å². The summed E-state index contributed by atoms with van der Waals surface area (Å²) in [6.07, 6.45) is 3.68. The van der Waals surface area contributed by atoms with Gasteiger partial charge in [-0.2, -0.15) is 0 Å². The zero-order valence-electron chi connectivity index (χ0n) is 13.5. The first-order valence-corrected chi connectivity index (χ1v) is 8.19. The first-order chi connectivity index (χ1) is 11.3. The van der Waals surface area contributed by atoms with Crippen LogP contribution in [0.25, 0.3) is 0 Å². The SMILES string of the molecule is CCn1cnnc1CC1CCN(C(=O)NCc2ccccc2)C1. The Hall–Kier alpha value is -2.37. The third-order valence-corrected chi connectivity index (χ3v) is 4.37. The molecule has 0 radical (unpaired) electrons. The molecule has 1 unspecified atom stereocenters. The highest BCUT2D eigenvalue weighted by Gasteiger charge is 2.27. The molecular formula is C17H23N5O. The Morgan fingerprint density at radius 2 is 2.17 bits per heavy atom. The van der Waals surface area contributed by atoms with Gasteiger partial charge in [0.05, 0.1) is 0 Å². The summed E-state index contributed by atoms with van der Waals surface area (Å²) in [5.41, 5.74) is 1.12. The van der Waals surface area contributed by atoms with Crippen LogP contribution in [0.1, 0.15) is 24.7 Å². The van der Waals surface area contributed by atoms with Crippen molar-refractivity contribution in [2.75, 3.05) is 13.1 Å².